The number of carbonyl (C=O) groups excluding carboxylic acids is 2. The molecule has 40 heavy (non-hydrogen) atoms. The Balaban J connectivity index is 1.68. The fourth-order valence-corrected chi connectivity index (χ4v) is 5.77. The first-order valence-electron chi connectivity index (χ1n) is 12.7. The molecule has 0 radical (unpaired) electrons. The molecular formula is C29H28F6N2O2S. The maximum Gasteiger partial charge on any atom is 0.416 e. The number of nitrogens with zero attached hydrogens (tertiary/aromatic N) is 2. The molecule has 1 aromatic heterocycles. The second-order valence-corrected chi connectivity index (χ2v) is 11.3. The number of amides is 2. The van der Waals surface area contributed by atoms with Crippen molar-refractivity contribution in [3.8, 4) is 0 Å². The number of thiophene rings is 1. The van der Waals surface area contributed by atoms with Gasteiger partial charge in [0.25, 0.3) is 5.91 Å². The van der Waals surface area contributed by atoms with Crippen LogP contribution in [-0.2, 0) is 23.6 Å². The average Bonchev–Trinajstić information content (AvgIpc) is 3.35. The van der Waals surface area contributed by atoms with Gasteiger partial charge in [-0.1, -0.05) is 43.7 Å². The van der Waals surface area contributed by atoms with Crippen LogP contribution in [0.5, 0.6) is 0 Å². The molecular weight excluding hydrogens is 554 g/mol. The van der Waals surface area contributed by atoms with Crippen molar-refractivity contribution in [3.05, 3.63) is 92.2 Å². The Labute approximate surface area is 232 Å². The Bertz CT molecular complexity index is 1350. The third kappa shape index (κ3) is 6.51. The van der Waals surface area contributed by atoms with Crippen molar-refractivity contribution in [3.63, 3.8) is 0 Å². The second kappa shape index (κ2) is 11.3. The molecule has 1 unspecified atom stereocenters. The van der Waals surface area contributed by atoms with E-state index in [9.17, 15) is 35.9 Å². The summed E-state index contributed by atoms with van der Waals surface area (Å²) < 4.78 is 80.6. The SMILES string of the molecule is Cc1ccc(C2c3ccsc3CCN2C(=O)CN(CC(C)C)C(=O)c2cc(C(F)(F)F)cc(C(F)(F)F)c2)cc1. The van der Waals surface area contributed by atoms with E-state index >= 15 is 0 Å². The number of rotatable bonds is 6. The summed E-state index contributed by atoms with van der Waals surface area (Å²) in [6.07, 6.45) is -9.59. The zero-order valence-corrected chi connectivity index (χ0v) is 22.9. The molecule has 0 saturated heterocycles. The van der Waals surface area contributed by atoms with Crippen molar-refractivity contribution in [2.45, 2.75) is 45.6 Å². The van der Waals surface area contributed by atoms with Gasteiger partial charge in [0, 0.05) is 23.5 Å². The minimum atomic E-state index is -5.09. The normalized spacial score (nSPS) is 15.8. The molecule has 0 bridgehead atoms. The van der Waals surface area contributed by atoms with Crippen LogP contribution in [0.3, 0.4) is 0 Å². The number of benzene rings is 2. The van der Waals surface area contributed by atoms with E-state index in [1.807, 2.05) is 42.6 Å². The van der Waals surface area contributed by atoms with Gasteiger partial charge in [-0.25, -0.2) is 0 Å². The lowest BCUT2D eigenvalue weighted by Gasteiger charge is -2.38. The van der Waals surface area contributed by atoms with Crippen molar-refractivity contribution in [1.82, 2.24) is 9.80 Å². The summed E-state index contributed by atoms with van der Waals surface area (Å²) in [7, 11) is 0. The number of hydrogen-bond donors (Lipinski definition) is 0. The highest BCUT2D eigenvalue weighted by atomic mass is 32.1. The fraction of sp³-hybridized carbons (Fsp3) is 0.379. The van der Waals surface area contributed by atoms with Gasteiger partial charge in [0.1, 0.15) is 6.54 Å². The Morgan fingerprint density at radius 3 is 2.12 bits per heavy atom. The molecule has 4 rings (SSSR count). The molecule has 2 aromatic carbocycles. The van der Waals surface area contributed by atoms with E-state index in [1.165, 1.54) is 0 Å². The molecule has 2 amide bonds. The van der Waals surface area contributed by atoms with Crippen LogP contribution in [0.25, 0.3) is 0 Å². The van der Waals surface area contributed by atoms with E-state index in [0.717, 1.165) is 26.5 Å². The van der Waals surface area contributed by atoms with Gasteiger partial charge in [-0.2, -0.15) is 26.3 Å². The van der Waals surface area contributed by atoms with Gasteiger partial charge in [0.2, 0.25) is 5.91 Å². The van der Waals surface area contributed by atoms with Crippen LogP contribution in [0.1, 0.15) is 62.9 Å². The van der Waals surface area contributed by atoms with Crippen molar-refractivity contribution < 1.29 is 35.9 Å². The molecule has 0 aliphatic carbocycles. The predicted molar refractivity (Wildman–Crippen MR) is 140 cm³/mol. The quantitative estimate of drug-likeness (QED) is 0.285. The molecule has 4 nitrogen and oxygen atoms in total. The Morgan fingerprint density at radius 2 is 1.57 bits per heavy atom. The van der Waals surface area contributed by atoms with Crippen LogP contribution < -0.4 is 0 Å². The molecule has 1 atom stereocenters. The summed E-state index contributed by atoms with van der Waals surface area (Å²) in [6.45, 7) is 5.26. The van der Waals surface area contributed by atoms with Crippen molar-refractivity contribution in [2.24, 2.45) is 5.92 Å². The molecule has 1 aliphatic heterocycles. The minimum Gasteiger partial charge on any atom is -0.330 e. The van der Waals surface area contributed by atoms with E-state index < -0.39 is 53.4 Å². The summed E-state index contributed by atoms with van der Waals surface area (Å²) in [5.41, 5.74) is -1.07. The topological polar surface area (TPSA) is 40.6 Å². The third-order valence-electron chi connectivity index (χ3n) is 6.71. The smallest absolute Gasteiger partial charge is 0.330 e. The van der Waals surface area contributed by atoms with Gasteiger partial charge in [-0.05, 0) is 60.0 Å². The van der Waals surface area contributed by atoms with Gasteiger partial charge >= 0.3 is 12.4 Å². The number of carbonyl (C=O) groups is 2. The summed E-state index contributed by atoms with van der Waals surface area (Å²) in [5.74, 6) is -1.72. The lowest BCUT2D eigenvalue weighted by Crippen LogP contribution is -2.47. The lowest BCUT2D eigenvalue weighted by atomic mass is 9.92. The van der Waals surface area contributed by atoms with Gasteiger partial charge in [-0.3, -0.25) is 9.59 Å². The molecule has 0 fully saturated rings. The molecule has 1 aliphatic rings. The van der Waals surface area contributed by atoms with Gasteiger partial charge in [0.05, 0.1) is 17.2 Å². The molecule has 11 heteroatoms. The number of halogens is 6. The summed E-state index contributed by atoms with van der Waals surface area (Å²) in [6, 6.07) is 10.0. The maximum absolute atomic E-state index is 13.7. The first-order valence-corrected chi connectivity index (χ1v) is 13.5. The Hall–Kier alpha value is -3.34. The van der Waals surface area contributed by atoms with E-state index in [1.54, 1.807) is 30.1 Å². The Kier molecular flexibility index (Phi) is 8.35. The van der Waals surface area contributed by atoms with Gasteiger partial charge < -0.3 is 9.80 Å². The van der Waals surface area contributed by atoms with Crippen LogP contribution in [0.2, 0.25) is 0 Å². The number of fused-ring (bicyclic) bond motifs is 1. The number of hydrogen-bond acceptors (Lipinski definition) is 3. The zero-order chi connectivity index (χ0) is 29.4. The number of aryl methyl sites for hydroxylation is 1. The molecule has 2 heterocycles. The third-order valence-corrected chi connectivity index (χ3v) is 7.71. The highest BCUT2D eigenvalue weighted by Gasteiger charge is 2.39. The number of alkyl halides is 6. The van der Waals surface area contributed by atoms with Crippen LogP contribution in [0.15, 0.2) is 53.9 Å². The van der Waals surface area contributed by atoms with E-state index in [-0.39, 0.29) is 18.5 Å². The first kappa shape index (κ1) is 29.6. The van der Waals surface area contributed by atoms with Crippen molar-refractivity contribution in [2.75, 3.05) is 19.6 Å². The van der Waals surface area contributed by atoms with Gasteiger partial charge in [0.15, 0.2) is 0 Å². The van der Waals surface area contributed by atoms with E-state index in [0.29, 0.717) is 25.1 Å². The predicted octanol–water partition coefficient (Wildman–Crippen LogP) is 7.37. The lowest BCUT2D eigenvalue weighted by molar-refractivity contribution is -0.143. The van der Waals surface area contributed by atoms with Crippen molar-refractivity contribution >= 4 is 23.2 Å². The van der Waals surface area contributed by atoms with Crippen molar-refractivity contribution in [1.29, 1.82) is 0 Å². The fourth-order valence-electron chi connectivity index (χ4n) is 4.87. The summed E-state index contributed by atoms with van der Waals surface area (Å²) >= 11 is 1.59. The second-order valence-electron chi connectivity index (χ2n) is 10.3. The highest BCUT2D eigenvalue weighted by Crippen LogP contribution is 2.39. The van der Waals surface area contributed by atoms with Crippen LogP contribution >= 0.6 is 11.3 Å². The van der Waals surface area contributed by atoms with Crippen LogP contribution in [0.4, 0.5) is 26.3 Å². The molecule has 0 saturated carbocycles. The summed E-state index contributed by atoms with van der Waals surface area (Å²) in [5, 5.41) is 1.94. The van der Waals surface area contributed by atoms with E-state index in [4.69, 9.17) is 0 Å². The minimum absolute atomic E-state index is 0.0208. The molecule has 214 valence electrons. The monoisotopic (exact) mass is 582 g/mol. The zero-order valence-electron chi connectivity index (χ0n) is 22.1. The first-order chi connectivity index (χ1) is 18.6. The largest absolute Gasteiger partial charge is 0.416 e. The summed E-state index contributed by atoms with van der Waals surface area (Å²) in [4.78, 5) is 31.0. The van der Waals surface area contributed by atoms with Crippen LogP contribution in [-0.4, -0.2) is 41.2 Å². The molecule has 3 aromatic rings. The standard InChI is InChI=1S/C29H28F6N2O2S/c1-17(2)15-36(27(39)20-12-21(28(30,31)32)14-22(13-20)29(33,34)35)16-25(38)37-10-8-24-23(9-11-40-24)26(37)19-6-4-18(3)5-7-19/h4-7,9,11-14,17,26H,8,10,15-16H2,1-3H3. The maximum atomic E-state index is 13.7. The molecule has 0 spiro atoms. The Morgan fingerprint density at radius 1 is 0.975 bits per heavy atom. The average molecular weight is 583 g/mol. The van der Waals surface area contributed by atoms with E-state index in [2.05, 4.69) is 0 Å². The highest BCUT2D eigenvalue weighted by molar-refractivity contribution is 7.10. The van der Waals surface area contributed by atoms with Crippen LogP contribution in [0, 0.1) is 12.8 Å². The van der Waals surface area contributed by atoms with Gasteiger partial charge in [-0.15, -0.1) is 11.3 Å². The molecule has 0 N–H and O–H groups in total.